The zero-order valence-corrected chi connectivity index (χ0v) is 63.0. The molecular weight excluding hydrogens is 1360 g/mol. The van der Waals surface area contributed by atoms with Gasteiger partial charge in [0.15, 0.2) is 0 Å². The third-order valence-corrected chi connectivity index (χ3v) is 23.9. The Morgan fingerprint density at radius 2 is 0.618 bits per heavy atom. The number of anilines is 19. The summed E-state index contributed by atoms with van der Waals surface area (Å²) in [5, 5.41) is 4.20. The lowest BCUT2D eigenvalue weighted by molar-refractivity contribution is 0.465. The third-order valence-electron chi connectivity index (χ3n) is 23.1. The van der Waals surface area contributed by atoms with Crippen molar-refractivity contribution in [3.8, 4) is 23.0 Å². The van der Waals surface area contributed by atoms with Gasteiger partial charge in [-0.1, -0.05) is 191 Å². The van der Waals surface area contributed by atoms with Crippen LogP contribution in [0.4, 0.5) is 108 Å². The van der Waals surface area contributed by atoms with E-state index in [1.165, 1.54) is 66.2 Å². The van der Waals surface area contributed by atoms with Crippen LogP contribution >= 0.6 is 11.9 Å². The van der Waals surface area contributed by atoms with Crippen molar-refractivity contribution in [2.24, 2.45) is 0 Å². The van der Waals surface area contributed by atoms with E-state index in [1.807, 2.05) is 0 Å². The quantitative estimate of drug-likeness (QED) is 0.0946. The minimum absolute atomic E-state index is 0.184. The second-order valence-electron chi connectivity index (χ2n) is 30.2. The van der Waals surface area contributed by atoms with Crippen LogP contribution < -0.4 is 92.8 Å². The molecule has 0 aliphatic carbocycles. The molecule has 6 aliphatic heterocycles. The van der Waals surface area contributed by atoms with Crippen molar-refractivity contribution in [3.05, 3.63) is 349 Å². The summed E-state index contributed by atoms with van der Waals surface area (Å²) < 4.78 is 18.0. The summed E-state index contributed by atoms with van der Waals surface area (Å²) in [6.07, 6.45) is 2.22. The zero-order valence-electron chi connectivity index (χ0n) is 62.2. The standard InChI is InChI=1S/C97H74B3N7O2S/c1-60-26-38-68(39-27-60)102(69-40-28-61(2)29-41-69)74-50-84-95-88(51-74)105(66-18-10-8-11-19-66)85-24-16-14-22-77(85)98(95)79-56-81-91(58-83(79)101-84)108-93-54-76(104(72-46-34-64(5)35-47-72)73-48-36-65(6)37-49-73)55-94-97(93)100(81)82-57-80-87(59-92(82)109-94)107(110-7)90-53-75(103(70-42-30-62(3)31-43-70)71-44-32-63(4)33-45-71)52-89-96(90)99(80)78-23-15-17-25-86(78)106(89)67-20-12-9-13-21-67/h8-59,101H,1-7H3. The first-order valence-corrected chi connectivity index (χ1v) is 39.2. The maximum atomic E-state index is 7.79. The topological polar surface area (TPSA) is 49.9 Å². The summed E-state index contributed by atoms with van der Waals surface area (Å²) in [4.78, 5) is 12.1. The molecule has 15 aromatic rings. The Morgan fingerprint density at radius 3 is 1.05 bits per heavy atom. The molecule has 0 bridgehead atoms. The van der Waals surface area contributed by atoms with Gasteiger partial charge in [-0.2, -0.15) is 0 Å². The van der Waals surface area contributed by atoms with Gasteiger partial charge in [0.05, 0.1) is 28.4 Å². The smallest absolute Gasteiger partial charge is 0.260 e. The van der Waals surface area contributed by atoms with Crippen molar-refractivity contribution >= 4 is 189 Å². The first-order valence-electron chi connectivity index (χ1n) is 38.0. The second kappa shape index (κ2) is 25.6. The molecule has 21 rings (SSSR count). The lowest BCUT2D eigenvalue weighted by Gasteiger charge is -2.45. The van der Waals surface area contributed by atoms with Crippen LogP contribution in [0.25, 0.3) is 0 Å². The van der Waals surface area contributed by atoms with Crippen molar-refractivity contribution in [1.82, 2.24) is 0 Å². The van der Waals surface area contributed by atoms with E-state index in [2.05, 4.69) is 397 Å². The van der Waals surface area contributed by atoms with Gasteiger partial charge in [0.2, 0.25) is 0 Å². The second-order valence-corrected chi connectivity index (χ2v) is 30.9. The lowest BCUT2D eigenvalue weighted by atomic mass is 9.29. The Hall–Kier alpha value is -13.0. The molecule has 0 atom stereocenters. The fraction of sp³-hybridized carbons (Fsp3) is 0.0722. The van der Waals surface area contributed by atoms with Crippen molar-refractivity contribution < 1.29 is 9.47 Å². The molecule has 13 heteroatoms. The van der Waals surface area contributed by atoms with Gasteiger partial charge in [-0.05, 0) is 231 Å². The van der Waals surface area contributed by atoms with Crippen LogP contribution in [0, 0.1) is 41.5 Å². The summed E-state index contributed by atoms with van der Waals surface area (Å²) in [6.45, 7) is 12.2. The maximum absolute atomic E-state index is 7.79. The Labute approximate surface area is 648 Å². The van der Waals surface area contributed by atoms with E-state index in [0.29, 0.717) is 0 Å². The molecule has 0 spiro atoms. The maximum Gasteiger partial charge on any atom is 0.260 e. The fourth-order valence-electron chi connectivity index (χ4n) is 18.0. The molecule has 524 valence electrons. The molecule has 15 aromatic carbocycles. The molecule has 0 amide bonds. The van der Waals surface area contributed by atoms with Crippen molar-refractivity contribution in [2.75, 3.05) is 40.4 Å². The van der Waals surface area contributed by atoms with Crippen LogP contribution in [0.2, 0.25) is 0 Å². The summed E-state index contributed by atoms with van der Waals surface area (Å²) in [7, 11) is 0. The molecule has 0 saturated heterocycles. The summed E-state index contributed by atoms with van der Waals surface area (Å²) in [5.74, 6) is 3.08. The van der Waals surface area contributed by atoms with E-state index in [1.54, 1.807) is 11.9 Å². The first-order chi connectivity index (χ1) is 53.9. The third kappa shape index (κ3) is 10.5. The fourth-order valence-corrected chi connectivity index (χ4v) is 18.7. The molecule has 0 fully saturated rings. The van der Waals surface area contributed by atoms with Crippen LogP contribution in [0.5, 0.6) is 23.0 Å². The highest BCUT2D eigenvalue weighted by atomic mass is 32.2. The van der Waals surface area contributed by atoms with E-state index in [9.17, 15) is 0 Å². The van der Waals surface area contributed by atoms with Gasteiger partial charge in [0, 0.05) is 116 Å². The van der Waals surface area contributed by atoms with E-state index in [0.717, 1.165) is 147 Å². The molecule has 1 N–H and O–H groups in total. The Bertz CT molecular complexity index is 6090. The Balaban J connectivity index is 0.803. The highest BCUT2D eigenvalue weighted by molar-refractivity contribution is 8.00. The van der Waals surface area contributed by atoms with E-state index >= 15 is 0 Å². The number of hydrogen-bond acceptors (Lipinski definition) is 10. The minimum atomic E-state index is -0.340. The number of para-hydroxylation sites is 4. The molecule has 0 saturated carbocycles. The molecule has 6 heterocycles. The number of rotatable bonds is 12. The average molecular weight is 1430 g/mol. The number of nitrogens with one attached hydrogen (secondary N) is 1. The summed E-state index contributed by atoms with van der Waals surface area (Å²) >= 11 is 1.73. The molecule has 110 heavy (non-hydrogen) atoms. The number of fused-ring (bicyclic) bond motifs is 12. The van der Waals surface area contributed by atoms with E-state index in [4.69, 9.17) is 9.47 Å². The van der Waals surface area contributed by atoms with Gasteiger partial charge in [-0.15, -0.1) is 0 Å². The van der Waals surface area contributed by atoms with Crippen LogP contribution in [-0.2, 0) is 0 Å². The van der Waals surface area contributed by atoms with Gasteiger partial charge in [0.25, 0.3) is 20.1 Å². The molecule has 0 unspecified atom stereocenters. The van der Waals surface area contributed by atoms with E-state index < -0.39 is 0 Å². The van der Waals surface area contributed by atoms with Crippen molar-refractivity contribution in [2.45, 2.75) is 41.5 Å². The number of hydrogen-bond donors (Lipinski definition) is 1. The van der Waals surface area contributed by atoms with Crippen molar-refractivity contribution in [1.29, 1.82) is 0 Å². The monoisotopic (exact) mass is 1430 g/mol. The summed E-state index contributed by atoms with van der Waals surface area (Å²) in [5.41, 5.74) is 37.9. The van der Waals surface area contributed by atoms with Crippen LogP contribution in [-0.4, -0.2) is 26.4 Å². The lowest BCUT2D eigenvalue weighted by Crippen LogP contribution is -2.65. The first kappa shape index (κ1) is 65.3. The molecule has 6 aliphatic rings. The highest BCUT2D eigenvalue weighted by Gasteiger charge is 2.50. The predicted octanol–water partition coefficient (Wildman–Crippen LogP) is 20.1. The Morgan fingerprint density at radius 1 is 0.264 bits per heavy atom. The largest absolute Gasteiger partial charge is 0.458 e. The number of ether oxygens (including phenoxy) is 2. The zero-order chi connectivity index (χ0) is 73.7. The molecule has 0 radical (unpaired) electrons. The van der Waals surface area contributed by atoms with Gasteiger partial charge < -0.3 is 39.3 Å². The SMILES string of the molecule is CSN1c2cc3c(cc2B2c4ccccc4N(c4ccccc4)c4cc(N(c5ccc(C)cc5)c5ccc(C)cc5)cc1c42)B1c2cc4c(cc2Oc2cc(N(c5ccc(C)cc5)c5ccc(C)cc5)cc(c21)O3)Nc1cc(N(c2ccc(C)cc2)c2ccc(C)cc2)cc2c1B4c1ccccc1N2c1ccccc1. The minimum Gasteiger partial charge on any atom is -0.458 e. The van der Waals surface area contributed by atoms with Gasteiger partial charge in [-0.25, -0.2) is 0 Å². The molecule has 0 aromatic heterocycles. The number of nitrogens with zero attached hydrogens (tertiary/aromatic N) is 6. The molecule has 9 nitrogen and oxygen atoms in total. The number of benzene rings is 15. The van der Waals surface area contributed by atoms with Crippen LogP contribution in [0.1, 0.15) is 33.4 Å². The van der Waals surface area contributed by atoms with Gasteiger partial charge in [-0.3, -0.25) is 4.31 Å². The normalized spacial score (nSPS) is 13.2. The van der Waals surface area contributed by atoms with E-state index in [-0.39, 0.29) is 20.1 Å². The van der Waals surface area contributed by atoms with Crippen molar-refractivity contribution in [3.63, 3.8) is 0 Å². The predicted molar refractivity (Wildman–Crippen MR) is 467 cm³/mol. The van der Waals surface area contributed by atoms with Gasteiger partial charge >= 0.3 is 0 Å². The molecular formula is C97H74B3N7O2S. The van der Waals surface area contributed by atoms with Crippen LogP contribution in [0.15, 0.2) is 315 Å². The highest BCUT2D eigenvalue weighted by Crippen LogP contribution is 2.52. The van der Waals surface area contributed by atoms with Gasteiger partial charge in [0.1, 0.15) is 23.0 Å². The summed E-state index contributed by atoms with van der Waals surface area (Å²) in [6, 6.07) is 117. The van der Waals surface area contributed by atoms with Crippen LogP contribution in [0.3, 0.4) is 0 Å². The average Bonchev–Trinajstić information content (AvgIpc) is 0.692. The number of aryl methyl sites for hydroxylation is 6. The Kier molecular flexibility index (Phi) is 15.2.